The molecule has 2 bridgehead atoms. The number of allylic oxidation sites excluding steroid dienone is 1. The summed E-state index contributed by atoms with van der Waals surface area (Å²) in [7, 11) is 1.78. The minimum Gasteiger partial charge on any atom is -0.384 e. The van der Waals surface area contributed by atoms with Gasteiger partial charge >= 0.3 is 0 Å². The maximum absolute atomic E-state index is 12.1. The third-order valence-electron chi connectivity index (χ3n) is 6.21. The van der Waals surface area contributed by atoms with E-state index < -0.39 is 0 Å². The Labute approximate surface area is 110 Å². The molecule has 100 valence electrons. The van der Waals surface area contributed by atoms with E-state index in [0.717, 1.165) is 6.61 Å². The fraction of sp³-hybridized carbons (Fsp3) is 0.812. The third-order valence-corrected chi connectivity index (χ3v) is 6.21. The van der Waals surface area contributed by atoms with Gasteiger partial charge in [0, 0.05) is 18.9 Å². The molecule has 2 nitrogen and oxygen atoms in total. The minimum atomic E-state index is 0.0976. The Morgan fingerprint density at radius 3 is 2.78 bits per heavy atom. The van der Waals surface area contributed by atoms with Gasteiger partial charge in [-0.25, -0.2) is 0 Å². The molecule has 2 heteroatoms. The summed E-state index contributed by atoms with van der Waals surface area (Å²) in [5.74, 6) is 1.02. The first-order chi connectivity index (χ1) is 8.36. The van der Waals surface area contributed by atoms with Gasteiger partial charge in [0.05, 0.1) is 6.61 Å². The Hall–Kier alpha value is -0.630. The summed E-state index contributed by atoms with van der Waals surface area (Å²) in [5.41, 5.74) is 1.91. The van der Waals surface area contributed by atoms with Crippen molar-refractivity contribution in [1.82, 2.24) is 0 Å². The summed E-state index contributed by atoms with van der Waals surface area (Å²) in [4.78, 5) is 12.1. The van der Waals surface area contributed by atoms with Gasteiger partial charge in [-0.2, -0.15) is 0 Å². The monoisotopic (exact) mass is 248 g/mol. The van der Waals surface area contributed by atoms with E-state index >= 15 is 0 Å². The van der Waals surface area contributed by atoms with E-state index in [4.69, 9.17) is 4.74 Å². The molecule has 3 aliphatic carbocycles. The molecule has 0 unspecified atom stereocenters. The molecule has 1 spiro atoms. The first-order valence-electron chi connectivity index (χ1n) is 7.10. The van der Waals surface area contributed by atoms with Crippen LogP contribution in [0.15, 0.2) is 11.6 Å². The summed E-state index contributed by atoms with van der Waals surface area (Å²) >= 11 is 0. The van der Waals surface area contributed by atoms with Crippen molar-refractivity contribution in [2.24, 2.45) is 22.2 Å². The van der Waals surface area contributed by atoms with Gasteiger partial charge in [-0.05, 0) is 42.1 Å². The van der Waals surface area contributed by atoms with E-state index in [1.165, 1.54) is 24.8 Å². The van der Waals surface area contributed by atoms with E-state index in [9.17, 15) is 4.79 Å². The van der Waals surface area contributed by atoms with Crippen LogP contribution in [0.4, 0.5) is 0 Å². The summed E-state index contributed by atoms with van der Waals surface area (Å²) < 4.78 is 5.48. The van der Waals surface area contributed by atoms with Crippen molar-refractivity contribution in [3.8, 4) is 0 Å². The lowest BCUT2D eigenvalue weighted by Crippen LogP contribution is -2.45. The molecule has 3 atom stereocenters. The van der Waals surface area contributed by atoms with Crippen LogP contribution in [0.1, 0.15) is 46.5 Å². The zero-order chi connectivity index (χ0) is 13.2. The van der Waals surface area contributed by atoms with Crippen LogP contribution in [-0.4, -0.2) is 19.5 Å². The van der Waals surface area contributed by atoms with E-state index in [1.807, 2.05) is 6.08 Å². The summed E-state index contributed by atoms with van der Waals surface area (Å²) in [6.07, 6.45) is 6.52. The van der Waals surface area contributed by atoms with Crippen LogP contribution in [0.25, 0.3) is 0 Å². The largest absolute Gasteiger partial charge is 0.384 e. The van der Waals surface area contributed by atoms with E-state index in [2.05, 4.69) is 20.8 Å². The number of methoxy groups -OCH3 is 1. The molecule has 2 fully saturated rings. The predicted octanol–water partition coefficient (Wildman–Crippen LogP) is 3.36. The molecule has 2 saturated carbocycles. The second-order valence-corrected chi connectivity index (χ2v) is 7.46. The van der Waals surface area contributed by atoms with E-state index in [0.29, 0.717) is 18.1 Å². The molecule has 0 radical (unpaired) electrons. The fourth-order valence-corrected chi connectivity index (χ4v) is 5.19. The molecule has 0 heterocycles. The average molecular weight is 248 g/mol. The Morgan fingerprint density at radius 2 is 2.11 bits per heavy atom. The molecular weight excluding hydrogens is 224 g/mol. The highest BCUT2D eigenvalue weighted by molar-refractivity contribution is 5.93. The third kappa shape index (κ3) is 1.25. The highest BCUT2D eigenvalue weighted by Crippen LogP contribution is 2.73. The molecule has 0 aromatic heterocycles. The number of rotatable bonds is 2. The van der Waals surface area contributed by atoms with Gasteiger partial charge in [0.25, 0.3) is 0 Å². The zero-order valence-electron chi connectivity index (χ0n) is 12.0. The maximum atomic E-state index is 12.1. The fourth-order valence-electron chi connectivity index (χ4n) is 5.19. The Kier molecular flexibility index (Phi) is 2.39. The van der Waals surface area contributed by atoms with E-state index in [1.54, 1.807) is 7.11 Å². The highest BCUT2D eigenvalue weighted by atomic mass is 16.5. The number of hydrogen-bond acceptors (Lipinski definition) is 2. The first-order valence-corrected chi connectivity index (χ1v) is 7.10. The number of fused-ring (bicyclic) bond motifs is 1. The molecule has 3 rings (SSSR count). The first kappa shape index (κ1) is 12.4. The number of ether oxygens (including phenoxy) is 1. The van der Waals surface area contributed by atoms with Crippen molar-refractivity contribution in [3.05, 3.63) is 11.6 Å². The van der Waals surface area contributed by atoms with Gasteiger partial charge in [0.1, 0.15) is 0 Å². The second kappa shape index (κ2) is 3.47. The van der Waals surface area contributed by atoms with Crippen LogP contribution in [0, 0.1) is 22.2 Å². The number of carbonyl (C=O) groups is 1. The summed E-state index contributed by atoms with van der Waals surface area (Å²) in [6.45, 7) is 7.65. The van der Waals surface area contributed by atoms with Crippen molar-refractivity contribution in [2.75, 3.05) is 13.7 Å². The van der Waals surface area contributed by atoms with Crippen LogP contribution >= 0.6 is 0 Å². The quantitative estimate of drug-likeness (QED) is 0.749. The summed E-state index contributed by atoms with van der Waals surface area (Å²) in [5, 5.41) is 0. The Balaban J connectivity index is 2.14. The molecule has 0 saturated heterocycles. The van der Waals surface area contributed by atoms with Gasteiger partial charge in [-0.1, -0.05) is 26.3 Å². The molecule has 18 heavy (non-hydrogen) atoms. The van der Waals surface area contributed by atoms with Crippen LogP contribution in [-0.2, 0) is 9.53 Å². The Bertz CT molecular complexity index is 434. The molecule has 0 amide bonds. The lowest BCUT2D eigenvalue weighted by molar-refractivity contribution is -0.119. The van der Waals surface area contributed by atoms with Crippen molar-refractivity contribution in [1.29, 1.82) is 0 Å². The van der Waals surface area contributed by atoms with Crippen molar-refractivity contribution < 1.29 is 9.53 Å². The molecule has 3 aliphatic rings. The van der Waals surface area contributed by atoms with Gasteiger partial charge in [-0.3, -0.25) is 4.79 Å². The number of ketones is 1. The van der Waals surface area contributed by atoms with Gasteiger partial charge in [0.2, 0.25) is 0 Å². The molecular formula is C16H24O2. The van der Waals surface area contributed by atoms with Crippen molar-refractivity contribution in [2.45, 2.75) is 46.5 Å². The van der Waals surface area contributed by atoms with Crippen molar-refractivity contribution in [3.63, 3.8) is 0 Å². The second-order valence-electron chi connectivity index (χ2n) is 7.46. The summed E-state index contributed by atoms with van der Waals surface area (Å²) in [6, 6.07) is 0. The standard InChI is InChI=1S/C16H24O2/c1-14(2)9-12(17)7-13-15(3,10-18-4)11-5-6-16(13,14)8-11/h7,11H,5-6,8-10H2,1-4H3/t11-,15+,16-/m0/s1. The minimum absolute atomic E-state index is 0.0976. The zero-order valence-corrected chi connectivity index (χ0v) is 12.0. The highest BCUT2D eigenvalue weighted by Gasteiger charge is 2.66. The predicted molar refractivity (Wildman–Crippen MR) is 71.2 cm³/mol. The van der Waals surface area contributed by atoms with Crippen LogP contribution in [0.2, 0.25) is 0 Å². The average Bonchev–Trinajstić information content (AvgIpc) is 2.77. The van der Waals surface area contributed by atoms with E-state index in [-0.39, 0.29) is 16.2 Å². The van der Waals surface area contributed by atoms with Crippen LogP contribution < -0.4 is 0 Å². The number of hydrogen-bond donors (Lipinski definition) is 0. The molecule has 0 aliphatic heterocycles. The van der Waals surface area contributed by atoms with Crippen LogP contribution in [0.5, 0.6) is 0 Å². The molecule has 0 aromatic rings. The van der Waals surface area contributed by atoms with Crippen LogP contribution in [0.3, 0.4) is 0 Å². The molecule has 0 aromatic carbocycles. The number of carbonyl (C=O) groups excluding carboxylic acids is 1. The SMILES string of the molecule is COC[C@@]1(C)C2=CC(=O)CC(C)(C)[C@]23CC[C@H]1C3. The topological polar surface area (TPSA) is 26.3 Å². The van der Waals surface area contributed by atoms with Gasteiger partial charge in [-0.15, -0.1) is 0 Å². The van der Waals surface area contributed by atoms with Gasteiger partial charge < -0.3 is 4.74 Å². The molecule has 0 N–H and O–H groups in total. The smallest absolute Gasteiger partial charge is 0.156 e. The Morgan fingerprint density at radius 1 is 1.39 bits per heavy atom. The lowest BCUT2D eigenvalue weighted by Gasteiger charge is -2.51. The van der Waals surface area contributed by atoms with Crippen molar-refractivity contribution >= 4 is 5.78 Å². The van der Waals surface area contributed by atoms with Gasteiger partial charge in [0.15, 0.2) is 5.78 Å². The maximum Gasteiger partial charge on any atom is 0.156 e. The normalized spacial score (nSPS) is 45.0. The lowest BCUT2D eigenvalue weighted by atomic mass is 9.53.